The second kappa shape index (κ2) is 12.3. The Bertz CT molecular complexity index is 621. The molecule has 0 aromatic carbocycles. The van der Waals surface area contributed by atoms with E-state index in [1.54, 1.807) is 19.4 Å². The number of aliphatic imine (C=N–C) groups is 1. The van der Waals surface area contributed by atoms with Gasteiger partial charge in [-0.3, -0.25) is 9.79 Å². The van der Waals surface area contributed by atoms with Gasteiger partial charge in [0.25, 0.3) is 0 Å². The number of anilines is 1. The molecule has 1 fully saturated rings. The SMILES string of the molecule is CCNC(=NCCC(=O)Nc1ccc(C)cn1)N1CCC(COCCOC)C1. The van der Waals surface area contributed by atoms with E-state index in [0.717, 1.165) is 44.2 Å². The van der Waals surface area contributed by atoms with E-state index in [0.29, 0.717) is 37.9 Å². The maximum atomic E-state index is 12.1. The van der Waals surface area contributed by atoms with Crippen molar-refractivity contribution >= 4 is 17.7 Å². The van der Waals surface area contributed by atoms with Gasteiger partial charge in [0.2, 0.25) is 5.91 Å². The van der Waals surface area contributed by atoms with Crippen LogP contribution in [0.2, 0.25) is 0 Å². The number of aryl methyl sites for hydroxylation is 1. The van der Waals surface area contributed by atoms with Gasteiger partial charge in [-0.25, -0.2) is 4.98 Å². The Labute approximate surface area is 167 Å². The molecule has 0 radical (unpaired) electrons. The molecule has 28 heavy (non-hydrogen) atoms. The third kappa shape index (κ3) is 7.82. The number of hydrogen-bond donors (Lipinski definition) is 2. The number of carbonyl (C=O) groups is 1. The van der Waals surface area contributed by atoms with Gasteiger partial charge in [-0.2, -0.15) is 0 Å². The lowest BCUT2D eigenvalue weighted by molar-refractivity contribution is -0.116. The molecule has 0 aliphatic carbocycles. The van der Waals surface area contributed by atoms with Crippen LogP contribution in [0.3, 0.4) is 0 Å². The first-order chi connectivity index (χ1) is 13.6. The first kappa shape index (κ1) is 22.1. The number of carbonyl (C=O) groups excluding carboxylic acids is 1. The van der Waals surface area contributed by atoms with E-state index in [-0.39, 0.29) is 5.91 Å². The van der Waals surface area contributed by atoms with Gasteiger partial charge in [0.1, 0.15) is 5.82 Å². The summed E-state index contributed by atoms with van der Waals surface area (Å²) in [6.07, 6.45) is 3.14. The summed E-state index contributed by atoms with van der Waals surface area (Å²) in [5.41, 5.74) is 1.06. The Morgan fingerprint density at radius 2 is 2.25 bits per heavy atom. The number of amides is 1. The smallest absolute Gasteiger partial charge is 0.227 e. The van der Waals surface area contributed by atoms with Crippen LogP contribution in [0.25, 0.3) is 0 Å². The van der Waals surface area contributed by atoms with Gasteiger partial charge < -0.3 is 25.0 Å². The molecule has 0 bridgehead atoms. The topological polar surface area (TPSA) is 88.1 Å². The molecular formula is C20H33N5O3. The molecule has 0 saturated carbocycles. The molecule has 2 rings (SSSR count). The highest BCUT2D eigenvalue weighted by molar-refractivity contribution is 5.90. The zero-order valence-corrected chi connectivity index (χ0v) is 17.2. The van der Waals surface area contributed by atoms with Crippen LogP contribution in [0.1, 0.15) is 25.3 Å². The molecule has 1 aliphatic heterocycles. The van der Waals surface area contributed by atoms with Gasteiger partial charge in [0.15, 0.2) is 5.96 Å². The van der Waals surface area contributed by atoms with Crippen molar-refractivity contribution in [2.24, 2.45) is 10.9 Å². The summed E-state index contributed by atoms with van der Waals surface area (Å²) in [6, 6.07) is 3.73. The average molecular weight is 392 g/mol. The Morgan fingerprint density at radius 3 is 2.96 bits per heavy atom. The molecule has 1 saturated heterocycles. The standard InChI is InChI=1S/C20H33N5O3/c1-4-21-20(25-10-8-17(14-25)15-28-12-11-27-3)22-9-7-19(26)24-18-6-5-16(2)13-23-18/h5-6,13,17H,4,7-12,14-15H2,1-3H3,(H,21,22)(H,23,24,26). The van der Waals surface area contributed by atoms with Crippen molar-refractivity contribution in [1.29, 1.82) is 0 Å². The monoisotopic (exact) mass is 391 g/mol. The minimum absolute atomic E-state index is 0.0817. The average Bonchev–Trinajstić information content (AvgIpc) is 3.15. The molecule has 0 spiro atoms. The van der Waals surface area contributed by atoms with E-state index < -0.39 is 0 Å². The minimum atomic E-state index is -0.0817. The maximum absolute atomic E-state index is 12.1. The number of guanidine groups is 1. The lowest BCUT2D eigenvalue weighted by atomic mass is 10.1. The fourth-order valence-corrected chi connectivity index (χ4v) is 2.99. The van der Waals surface area contributed by atoms with Gasteiger partial charge in [-0.15, -0.1) is 0 Å². The second-order valence-electron chi connectivity index (χ2n) is 6.92. The van der Waals surface area contributed by atoms with Gasteiger partial charge in [0.05, 0.1) is 26.4 Å². The Kier molecular flexibility index (Phi) is 9.71. The van der Waals surface area contributed by atoms with E-state index in [9.17, 15) is 4.79 Å². The van der Waals surface area contributed by atoms with Crippen molar-refractivity contribution in [2.45, 2.75) is 26.7 Å². The highest BCUT2D eigenvalue weighted by atomic mass is 16.5. The molecule has 1 aromatic rings. The number of ether oxygens (including phenoxy) is 2. The van der Waals surface area contributed by atoms with Gasteiger partial charge in [-0.05, 0) is 31.9 Å². The lowest BCUT2D eigenvalue weighted by Crippen LogP contribution is -2.40. The fraction of sp³-hybridized carbons (Fsp3) is 0.650. The molecule has 8 heteroatoms. The number of aromatic nitrogens is 1. The summed E-state index contributed by atoms with van der Waals surface area (Å²) >= 11 is 0. The first-order valence-electron chi connectivity index (χ1n) is 9.94. The number of methoxy groups -OCH3 is 1. The van der Waals surface area contributed by atoms with Gasteiger partial charge in [0, 0.05) is 45.3 Å². The summed E-state index contributed by atoms with van der Waals surface area (Å²) in [5, 5.41) is 6.13. The van der Waals surface area contributed by atoms with Crippen LogP contribution in [0, 0.1) is 12.8 Å². The van der Waals surface area contributed by atoms with E-state index in [2.05, 4.69) is 25.5 Å². The van der Waals surface area contributed by atoms with Crippen LogP contribution in [0.4, 0.5) is 5.82 Å². The van der Waals surface area contributed by atoms with Crippen LogP contribution >= 0.6 is 0 Å². The number of rotatable bonds is 10. The van der Waals surface area contributed by atoms with Crippen molar-refractivity contribution in [2.75, 3.05) is 58.4 Å². The Morgan fingerprint density at radius 1 is 1.39 bits per heavy atom. The predicted molar refractivity (Wildman–Crippen MR) is 111 cm³/mol. The largest absolute Gasteiger partial charge is 0.382 e. The van der Waals surface area contributed by atoms with Crippen molar-refractivity contribution in [3.05, 3.63) is 23.9 Å². The molecule has 156 valence electrons. The summed E-state index contributed by atoms with van der Waals surface area (Å²) in [7, 11) is 1.68. The fourth-order valence-electron chi connectivity index (χ4n) is 2.99. The molecule has 1 aliphatic rings. The van der Waals surface area contributed by atoms with Crippen LogP contribution in [-0.4, -0.2) is 74.9 Å². The normalized spacial score (nSPS) is 17.0. The summed E-state index contributed by atoms with van der Waals surface area (Å²) < 4.78 is 10.7. The summed E-state index contributed by atoms with van der Waals surface area (Å²) in [6.45, 7) is 9.10. The van der Waals surface area contributed by atoms with E-state index in [4.69, 9.17) is 9.47 Å². The molecule has 1 unspecified atom stereocenters. The van der Waals surface area contributed by atoms with Crippen LogP contribution in [-0.2, 0) is 14.3 Å². The number of hydrogen-bond acceptors (Lipinski definition) is 5. The number of pyridine rings is 1. The van der Waals surface area contributed by atoms with Gasteiger partial charge >= 0.3 is 0 Å². The third-order valence-electron chi connectivity index (χ3n) is 4.48. The zero-order chi connectivity index (χ0) is 20.2. The van der Waals surface area contributed by atoms with Crippen molar-refractivity contribution in [3.8, 4) is 0 Å². The quantitative estimate of drug-likeness (QED) is 0.358. The van der Waals surface area contributed by atoms with Crippen LogP contribution in [0.15, 0.2) is 23.3 Å². The van der Waals surface area contributed by atoms with E-state index in [1.165, 1.54) is 0 Å². The molecule has 1 aromatic heterocycles. The number of likely N-dealkylation sites (tertiary alicyclic amines) is 1. The summed E-state index contributed by atoms with van der Waals surface area (Å²) in [4.78, 5) is 23.2. The van der Waals surface area contributed by atoms with Gasteiger partial charge in [-0.1, -0.05) is 6.07 Å². The third-order valence-corrected chi connectivity index (χ3v) is 4.48. The van der Waals surface area contributed by atoms with Crippen molar-refractivity contribution < 1.29 is 14.3 Å². The molecule has 1 amide bonds. The highest BCUT2D eigenvalue weighted by Crippen LogP contribution is 2.16. The Balaban J connectivity index is 1.76. The lowest BCUT2D eigenvalue weighted by Gasteiger charge is -2.21. The first-order valence-corrected chi connectivity index (χ1v) is 9.94. The van der Waals surface area contributed by atoms with E-state index in [1.807, 2.05) is 19.9 Å². The molecule has 2 heterocycles. The predicted octanol–water partition coefficient (Wildman–Crippen LogP) is 1.67. The van der Waals surface area contributed by atoms with Crippen LogP contribution < -0.4 is 10.6 Å². The van der Waals surface area contributed by atoms with Crippen molar-refractivity contribution in [1.82, 2.24) is 15.2 Å². The molecule has 1 atom stereocenters. The van der Waals surface area contributed by atoms with E-state index >= 15 is 0 Å². The molecular weight excluding hydrogens is 358 g/mol. The summed E-state index contributed by atoms with van der Waals surface area (Å²) in [5.74, 6) is 1.85. The Hall–Kier alpha value is -2.19. The zero-order valence-electron chi connectivity index (χ0n) is 17.2. The van der Waals surface area contributed by atoms with Crippen molar-refractivity contribution in [3.63, 3.8) is 0 Å². The maximum Gasteiger partial charge on any atom is 0.227 e. The highest BCUT2D eigenvalue weighted by Gasteiger charge is 2.24. The molecule has 2 N–H and O–H groups in total. The minimum Gasteiger partial charge on any atom is -0.382 e. The second-order valence-corrected chi connectivity index (χ2v) is 6.92. The number of nitrogens with one attached hydrogen (secondary N) is 2. The number of nitrogens with zero attached hydrogens (tertiary/aromatic N) is 3. The molecule has 8 nitrogen and oxygen atoms in total. The van der Waals surface area contributed by atoms with Crippen LogP contribution in [0.5, 0.6) is 0 Å².